The molecule has 1 aliphatic rings. The van der Waals surface area contributed by atoms with Crippen LogP contribution in [0.15, 0.2) is 45.6 Å². The molecule has 0 saturated carbocycles. The van der Waals surface area contributed by atoms with E-state index >= 15 is 0 Å². The molecule has 1 aliphatic heterocycles. The van der Waals surface area contributed by atoms with E-state index in [0.29, 0.717) is 34.1 Å². The number of pyridine rings is 1. The first kappa shape index (κ1) is 21.0. The zero-order valence-corrected chi connectivity index (χ0v) is 18.3. The summed E-state index contributed by atoms with van der Waals surface area (Å²) in [6.45, 7) is 4.67. The van der Waals surface area contributed by atoms with Crippen molar-refractivity contribution in [3.63, 3.8) is 0 Å². The SMILES string of the molecule is Cc1cc(C#N)cc(O)c1-c1ccc2oc(N[C@@H]3CCCN(CCc4ncco4)C3)nc2n1. The number of hydrogen-bond donors (Lipinski definition) is 2. The number of nitriles is 1. The van der Waals surface area contributed by atoms with Crippen molar-refractivity contribution in [2.24, 2.45) is 0 Å². The second-order valence-electron chi connectivity index (χ2n) is 8.30. The van der Waals surface area contributed by atoms with Gasteiger partial charge in [-0.15, -0.1) is 0 Å². The number of nitrogens with zero attached hydrogens (tertiary/aromatic N) is 5. The van der Waals surface area contributed by atoms with Gasteiger partial charge in [-0.2, -0.15) is 10.2 Å². The molecule has 0 aliphatic carbocycles. The van der Waals surface area contributed by atoms with Crippen molar-refractivity contribution in [1.82, 2.24) is 19.9 Å². The van der Waals surface area contributed by atoms with Crippen LogP contribution in [-0.2, 0) is 6.42 Å². The zero-order valence-electron chi connectivity index (χ0n) is 18.3. The van der Waals surface area contributed by atoms with E-state index in [4.69, 9.17) is 14.1 Å². The highest BCUT2D eigenvalue weighted by Gasteiger charge is 2.22. The minimum atomic E-state index is 0.0206. The second-order valence-corrected chi connectivity index (χ2v) is 8.30. The number of likely N-dealkylation sites (tertiary alicyclic amines) is 1. The maximum atomic E-state index is 10.4. The zero-order chi connectivity index (χ0) is 22.8. The summed E-state index contributed by atoms with van der Waals surface area (Å²) in [5, 5.41) is 22.9. The van der Waals surface area contributed by atoms with E-state index in [0.717, 1.165) is 50.4 Å². The lowest BCUT2D eigenvalue weighted by Gasteiger charge is -2.32. The summed E-state index contributed by atoms with van der Waals surface area (Å²) in [4.78, 5) is 15.7. The molecule has 0 spiro atoms. The molecule has 1 aromatic carbocycles. The van der Waals surface area contributed by atoms with Crippen LogP contribution >= 0.6 is 0 Å². The Labute approximate surface area is 190 Å². The summed E-state index contributed by atoms with van der Waals surface area (Å²) >= 11 is 0. The van der Waals surface area contributed by atoms with Crippen LogP contribution < -0.4 is 5.32 Å². The number of anilines is 1. The van der Waals surface area contributed by atoms with Crippen LogP contribution in [0.5, 0.6) is 5.75 Å². The first-order chi connectivity index (χ1) is 16.1. The van der Waals surface area contributed by atoms with Crippen LogP contribution in [0.2, 0.25) is 0 Å². The maximum absolute atomic E-state index is 10.4. The number of phenols is 1. The highest BCUT2D eigenvalue weighted by Crippen LogP contribution is 2.33. The van der Waals surface area contributed by atoms with Gasteiger partial charge in [0.05, 0.1) is 23.5 Å². The number of rotatable bonds is 6. The predicted molar refractivity (Wildman–Crippen MR) is 122 cm³/mol. The van der Waals surface area contributed by atoms with Crippen molar-refractivity contribution < 1.29 is 13.9 Å². The number of piperidine rings is 1. The average molecular weight is 444 g/mol. The van der Waals surface area contributed by atoms with E-state index in [1.54, 1.807) is 30.7 Å². The standard InChI is InChI=1S/C24H24N6O3/c1-15-11-16(13-25)12-19(31)22(15)18-4-5-20-23(28-18)29-24(33-20)27-17-3-2-8-30(14-17)9-6-21-26-7-10-32-21/h4-5,7,10-12,17,31H,2-3,6,8-9,14H2,1H3,(H,27,28,29)/t17-/m1/s1. The Balaban J connectivity index is 1.30. The molecule has 1 atom stereocenters. The molecule has 9 heteroatoms. The number of fused-ring (bicyclic) bond motifs is 1. The van der Waals surface area contributed by atoms with Gasteiger partial charge in [0, 0.05) is 31.1 Å². The molecule has 0 unspecified atom stereocenters. The van der Waals surface area contributed by atoms with Crippen LogP contribution in [0.4, 0.5) is 6.01 Å². The Bertz CT molecular complexity index is 1280. The van der Waals surface area contributed by atoms with Crippen LogP contribution in [0.3, 0.4) is 0 Å². The first-order valence-electron chi connectivity index (χ1n) is 11.0. The Morgan fingerprint density at radius 2 is 2.21 bits per heavy atom. The Hall–Kier alpha value is -3.90. The van der Waals surface area contributed by atoms with E-state index in [1.807, 2.05) is 13.0 Å². The number of phenolic OH excluding ortho intramolecular Hbond substituents is 1. The molecule has 0 bridgehead atoms. The Kier molecular flexibility index (Phi) is 5.67. The van der Waals surface area contributed by atoms with Crippen molar-refractivity contribution in [3.05, 3.63) is 53.7 Å². The molecular formula is C24H24N6O3. The van der Waals surface area contributed by atoms with Gasteiger partial charge in [-0.25, -0.2) is 9.97 Å². The lowest BCUT2D eigenvalue weighted by molar-refractivity contribution is 0.212. The Morgan fingerprint density at radius 3 is 3.00 bits per heavy atom. The molecule has 9 nitrogen and oxygen atoms in total. The van der Waals surface area contributed by atoms with E-state index in [1.165, 1.54) is 6.07 Å². The molecule has 0 radical (unpaired) electrons. The number of oxazole rings is 2. The topological polar surface area (TPSA) is 124 Å². The van der Waals surface area contributed by atoms with Crippen LogP contribution in [0.1, 0.15) is 29.9 Å². The molecular weight excluding hydrogens is 420 g/mol. The third kappa shape index (κ3) is 4.52. The maximum Gasteiger partial charge on any atom is 0.297 e. The molecule has 4 aromatic rings. The normalized spacial score (nSPS) is 16.7. The smallest absolute Gasteiger partial charge is 0.297 e. The minimum absolute atomic E-state index is 0.0206. The fourth-order valence-corrected chi connectivity index (χ4v) is 4.37. The predicted octanol–water partition coefficient (Wildman–Crippen LogP) is 3.88. The Morgan fingerprint density at radius 1 is 1.30 bits per heavy atom. The highest BCUT2D eigenvalue weighted by atomic mass is 16.4. The van der Waals surface area contributed by atoms with E-state index < -0.39 is 0 Å². The summed E-state index contributed by atoms with van der Waals surface area (Å²) in [5.41, 5.74) is 3.38. The van der Waals surface area contributed by atoms with E-state index in [9.17, 15) is 5.11 Å². The summed E-state index contributed by atoms with van der Waals surface area (Å²) in [6, 6.07) is 9.48. The summed E-state index contributed by atoms with van der Waals surface area (Å²) in [6.07, 6.45) is 6.19. The lowest BCUT2D eigenvalue weighted by Crippen LogP contribution is -2.42. The fraction of sp³-hybridized carbons (Fsp3) is 0.333. The lowest BCUT2D eigenvalue weighted by atomic mass is 10.0. The van der Waals surface area contributed by atoms with Gasteiger partial charge in [0.15, 0.2) is 11.5 Å². The average Bonchev–Trinajstić information content (AvgIpc) is 3.46. The molecule has 0 amide bonds. The fourth-order valence-electron chi connectivity index (χ4n) is 4.37. The molecule has 33 heavy (non-hydrogen) atoms. The largest absolute Gasteiger partial charge is 0.507 e. The highest BCUT2D eigenvalue weighted by molar-refractivity contribution is 5.78. The van der Waals surface area contributed by atoms with Gasteiger partial charge in [0.1, 0.15) is 12.0 Å². The van der Waals surface area contributed by atoms with Gasteiger partial charge in [-0.05, 0) is 56.1 Å². The molecule has 3 aromatic heterocycles. The van der Waals surface area contributed by atoms with Gasteiger partial charge in [0.25, 0.3) is 6.01 Å². The number of hydrogen-bond acceptors (Lipinski definition) is 9. The minimum Gasteiger partial charge on any atom is -0.507 e. The second kappa shape index (κ2) is 8.92. The number of aromatic hydroxyl groups is 1. The van der Waals surface area contributed by atoms with Crippen molar-refractivity contribution in [2.75, 3.05) is 25.0 Å². The third-order valence-electron chi connectivity index (χ3n) is 5.91. The van der Waals surface area contributed by atoms with Crippen LogP contribution in [-0.4, -0.2) is 50.6 Å². The van der Waals surface area contributed by atoms with Crippen molar-refractivity contribution in [3.8, 4) is 23.1 Å². The molecule has 168 valence electrons. The summed E-state index contributed by atoms with van der Waals surface area (Å²) in [7, 11) is 0. The van der Waals surface area contributed by atoms with Gasteiger partial charge in [-0.3, -0.25) is 0 Å². The molecule has 4 heterocycles. The third-order valence-corrected chi connectivity index (χ3v) is 5.91. The van der Waals surface area contributed by atoms with Gasteiger partial charge in [-0.1, -0.05) is 0 Å². The van der Waals surface area contributed by atoms with Crippen molar-refractivity contribution in [1.29, 1.82) is 5.26 Å². The van der Waals surface area contributed by atoms with Crippen LogP contribution in [0, 0.1) is 18.3 Å². The van der Waals surface area contributed by atoms with Gasteiger partial charge < -0.3 is 24.2 Å². The molecule has 1 saturated heterocycles. The summed E-state index contributed by atoms with van der Waals surface area (Å²) < 4.78 is 11.2. The molecule has 2 N–H and O–H groups in total. The monoisotopic (exact) mass is 444 g/mol. The van der Waals surface area contributed by atoms with E-state index in [-0.39, 0.29) is 11.8 Å². The number of benzene rings is 1. The number of aryl methyl sites for hydroxylation is 1. The van der Waals surface area contributed by atoms with Crippen molar-refractivity contribution in [2.45, 2.75) is 32.2 Å². The van der Waals surface area contributed by atoms with Gasteiger partial charge in [0.2, 0.25) is 5.65 Å². The van der Waals surface area contributed by atoms with Crippen LogP contribution in [0.25, 0.3) is 22.5 Å². The number of nitrogens with one attached hydrogen (secondary N) is 1. The first-order valence-corrected chi connectivity index (χ1v) is 11.0. The number of aromatic nitrogens is 3. The van der Waals surface area contributed by atoms with Gasteiger partial charge >= 0.3 is 0 Å². The van der Waals surface area contributed by atoms with E-state index in [2.05, 4.69) is 25.2 Å². The molecule has 1 fully saturated rings. The quantitative estimate of drug-likeness (QED) is 0.456. The molecule has 5 rings (SSSR count). The van der Waals surface area contributed by atoms with Crippen molar-refractivity contribution >= 4 is 17.2 Å². The summed E-state index contributed by atoms with van der Waals surface area (Å²) in [5.74, 6) is 0.779.